The van der Waals surface area contributed by atoms with Crippen LogP contribution in [0.4, 0.5) is 17.6 Å². The highest BCUT2D eigenvalue weighted by molar-refractivity contribution is 5.33. The summed E-state index contributed by atoms with van der Waals surface area (Å²) < 4.78 is 51.3. The summed E-state index contributed by atoms with van der Waals surface area (Å²) in [6.45, 7) is -0.191. The van der Waals surface area contributed by atoms with Gasteiger partial charge in [-0.25, -0.2) is 4.39 Å². The van der Waals surface area contributed by atoms with Crippen LogP contribution in [0.3, 0.4) is 0 Å². The Morgan fingerprint density at radius 3 is 2.47 bits per heavy atom. The molecule has 0 saturated heterocycles. The van der Waals surface area contributed by atoms with Crippen molar-refractivity contribution in [2.45, 2.75) is 25.1 Å². The van der Waals surface area contributed by atoms with E-state index in [0.29, 0.717) is 0 Å². The first-order valence-corrected chi connectivity index (χ1v) is 5.10. The number of benzene rings is 1. The summed E-state index contributed by atoms with van der Waals surface area (Å²) in [6.07, 6.45) is -4.30. The molecule has 1 aromatic carbocycles. The van der Waals surface area contributed by atoms with Crippen molar-refractivity contribution in [3.63, 3.8) is 0 Å². The van der Waals surface area contributed by atoms with Crippen LogP contribution < -0.4 is 5.73 Å². The molecule has 6 heteroatoms. The van der Waals surface area contributed by atoms with E-state index < -0.39 is 29.2 Å². The molecule has 0 fully saturated rings. The molecule has 1 rings (SSSR count). The van der Waals surface area contributed by atoms with Gasteiger partial charge < -0.3 is 10.8 Å². The van der Waals surface area contributed by atoms with Crippen LogP contribution in [0.15, 0.2) is 18.2 Å². The number of rotatable bonds is 4. The zero-order valence-corrected chi connectivity index (χ0v) is 8.97. The molecule has 0 unspecified atom stereocenters. The first-order valence-electron chi connectivity index (χ1n) is 5.10. The molecule has 3 N–H and O–H groups in total. The van der Waals surface area contributed by atoms with Crippen molar-refractivity contribution in [3.8, 4) is 0 Å². The third-order valence-electron chi connectivity index (χ3n) is 2.40. The van der Waals surface area contributed by atoms with Gasteiger partial charge in [0.15, 0.2) is 0 Å². The van der Waals surface area contributed by atoms with Gasteiger partial charge in [0.1, 0.15) is 5.82 Å². The lowest BCUT2D eigenvalue weighted by atomic mass is 9.96. The lowest BCUT2D eigenvalue weighted by molar-refractivity contribution is -0.138. The molecule has 0 amide bonds. The number of aliphatic hydroxyl groups excluding tert-OH is 1. The van der Waals surface area contributed by atoms with Crippen molar-refractivity contribution >= 4 is 0 Å². The van der Waals surface area contributed by atoms with E-state index in [4.69, 9.17) is 10.8 Å². The fourth-order valence-electron chi connectivity index (χ4n) is 1.62. The van der Waals surface area contributed by atoms with Gasteiger partial charge in [0.2, 0.25) is 0 Å². The minimum Gasteiger partial charge on any atom is -0.396 e. The number of alkyl halides is 3. The van der Waals surface area contributed by atoms with Crippen LogP contribution in [-0.2, 0) is 6.18 Å². The molecule has 0 bridgehead atoms. The normalized spacial score (nSPS) is 13.8. The van der Waals surface area contributed by atoms with Crippen LogP contribution in [0.1, 0.15) is 30.0 Å². The van der Waals surface area contributed by atoms with E-state index in [1.54, 1.807) is 0 Å². The topological polar surface area (TPSA) is 46.2 Å². The smallest absolute Gasteiger partial charge is 0.396 e. The fourth-order valence-corrected chi connectivity index (χ4v) is 1.62. The third kappa shape index (κ3) is 3.41. The first-order chi connectivity index (χ1) is 7.88. The van der Waals surface area contributed by atoms with Crippen molar-refractivity contribution in [2.75, 3.05) is 6.61 Å². The summed E-state index contributed by atoms with van der Waals surface area (Å²) in [5.41, 5.74) is 3.94. The summed E-state index contributed by atoms with van der Waals surface area (Å²) in [6, 6.07) is 1.68. The number of halogens is 4. The second-order valence-electron chi connectivity index (χ2n) is 3.67. The van der Waals surface area contributed by atoms with Gasteiger partial charge in [-0.05, 0) is 25.0 Å². The molecule has 0 aliphatic rings. The van der Waals surface area contributed by atoms with Crippen molar-refractivity contribution < 1.29 is 22.7 Å². The minimum atomic E-state index is -4.63. The molecule has 0 aromatic heterocycles. The molecule has 0 aliphatic heterocycles. The van der Waals surface area contributed by atoms with E-state index in [1.807, 2.05) is 0 Å². The molecule has 0 saturated carbocycles. The second kappa shape index (κ2) is 5.46. The number of hydrogen-bond donors (Lipinski definition) is 2. The highest BCUT2D eigenvalue weighted by atomic mass is 19.4. The Hall–Kier alpha value is -1.14. The zero-order valence-electron chi connectivity index (χ0n) is 8.97. The molecule has 0 radical (unpaired) electrons. The summed E-state index contributed by atoms with van der Waals surface area (Å²) in [5, 5.41) is 8.59. The average Bonchev–Trinajstić information content (AvgIpc) is 2.24. The van der Waals surface area contributed by atoms with E-state index in [1.165, 1.54) is 0 Å². The highest BCUT2D eigenvalue weighted by Crippen LogP contribution is 2.36. The van der Waals surface area contributed by atoms with E-state index in [-0.39, 0.29) is 19.4 Å². The Bertz CT molecular complexity index is 378. The second-order valence-corrected chi connectivity index (χ2v) is 3.67. The van der Waals surface area contributed by atoms with Crippen LogP contribution in [0.2, 0.25) is 0 Å². The summed E-state index contributed by atoms with van der Waals surface area (Å²) in [5.74, 6) is -0.967. The molecule has 1 aromatic rings. The molecule has 0 aliphatic carbocycles. The van der Waals surface area contributed by atoms with Gasteiger partial charge in [-0.1, -0.05) is 6.07 Å². The van der Waals surface area contributed by atoms with E-state index in [9.17, 15) is 17.6 Å². The Kier molecular flexibility index (Phi) is 4.47. The SMILES string of the molecule is N[C@H](CCCO)c1c(F)cccc1C(F)(F)F. The predicted octanol–water partition coefficient (Wildman–Crippen LogP) is 2.62. The monoisotopic (exact) mass is 251 g/mol. The highest BCUT2D eigenvalue weighted by Gasteiger charge is 2.35. The van der Waals surface area contributed by atoms with Crippen LogP contribution in [0.25, 0.3) is 0 Å². The maximum Gasteiger partial charge on any atom is 0.416 e. The molecule has 0 spiro atoms. The zero-order chi connectivity index (χ0) is 13.1. The minimum absolute atomic E-state index is 0.0977. The Morgan fingerprint density at radius 1 is 1.29 bits per heavy atom. The largest absolute Gasteiger partial charge is 0.416 e. The predicted molar refractivity (Wildman–Crippen MR) is 54.7 cm³/mol. The molecular formula is C11H13F4NO. The molecular weight excluding hydrogens is 238 g/mol. The maximum atomic E-state index is 13.4. The van der Waals surface area contributed by atoms with Crippen LogP contribution in [-0.4, -0.2) is 11.7 Å². The molecule has 17 heavy (non-hydrogen) atoms. The number of aliphatic hydroxyl groups is 1. The van der Waals surface area contributed by atoms with Crippen molar-refractivity contribution in [1.82, 2.24) is 0 Å². The first kappa shape index (κ1) is 13.9. The summed E-state index contributed by atoms with van der Waals surface area (Å²) in [7, 11) is 0. The van der Waals surface area contributed by atoms with Gasteiger partial charge in [0.05, 0.1) is 5.56 Å². The van der Waals surface area contributed by atoms with Crippen LogP contribution in [0.5, 0.6) is 0 Å². The van der Waals surface area contributed by atoms with Gasteiger partial charge in [-0.3, -0.25) is 0 Å². The van der Waals surface area contributed by atoms with Crippen molar-refractivity contribution in [3.05, 3.63) is 35.1 Å². The molecule has 2 nitrogen and oxygen atoms in total. The van der Waals surface area contributed by atoms with Gasteiger partial charge in [0.25, 0.3) is 0 Å². The van der Waals surface area contributed by atoms with Crippen LogP contribution in [0, 0.1) is 5.82 Å². The van der Waals surface area contributed by atoms with E-state index >= 15 is 0 Å². The molecule has 96 valence electrons. The number of hydrogen-bond acceptors (Lipinski definition) is 2. The van der Waals surface area contributed by atoms with Gasteiger partial charge in [-0.2, -0.15) is 13.2 Å². The lowest BCUT2D eigenvalue weighted by Crippen LogP contribution is -2.19. The Balaban J connectivity index is 3.12. The van der Waals surface area contributed by atoms with E-state index in [2.05, 4.69) is 0 Å². The van der Waals surface area contributed by atoms with Crippen molar-refractivity contribution in [2.24, 2.45) is 5.73 Å². The fraction of sp³-hybridized carbons (Fsp3) is 0.455. The van der Waals surface area contributed by atoms with Crippen LogP contribution >= 0.6 is 0 Å². The summed E-state index contributed by atoms with van der Waals surface area (Å²) in [4.78, 5) is 0. The van der Waals surface area contributed by atoms with Gasteiger partial charge in [0, 0.05) is 18.2 Å². The molecule has 0 heterocycles. The maximum absolute atomic E-state index is 13.4. The lowest BCUT2D eigenvalue weighted by Gasteiger charge is -2.18. The summed E-state index contributed by atoms with van der Waals surface area (Å²) >= 11 is 0. The van der Waals surface area contributed by atoms with E-state index in [0.717, 1.165) is 18.2 Å². The molecule has 1 atom stereocenters. The number of nitrogens with two attached hydrogens (primary N) is 1. The standard InChI is InChI=1S/C11H13F4NO/c12-8-4-1-3-7(11(13,14)15)10(8)9(16)5-2-6-17/h1,3-4,9,17H,2,5-6,16H2/t9-/m1/s1. The van der Waals surface area contributed by atoms with Gasteiger partial charge >= 0.3 is 6.18 Å². The average molecular weight is 251 g/mol. The Labute approximate surface area is 96.1 Å². The van der Waals surface area contributed by atoms with Crippen molar-refractivity contribution in [1.29, 1.82) is 0 Å². The quantitative estimate of drug-likeness (QED) is 0.808. The van der Waals surface area contributed by atoms with Gasteiger partial charge in [-0.15, -0.1) is 0 Å². The Morgan fingerprint density at radius 2 is 1.94 bits per heavy atom. The third-order valence-corrected chi connectivity index (χ3v) is 2.40.